The summed E-state index contributed by atoms with van der Waals surface area (Å²) in [6.45, 7) is 0.641. The average Bonchev–Trinajstić information content (AvgIpc) is 3.55. The first-order valence-electron chi connectivity index (χ1n) is 10.8. The van der Waals surface area contributed by atoms with E-state index in [1.165, 1.54) is 17.5 Å². The van der Waals surface area contributed by atoms with Gasteiger partial charge in [-0.15, -0.1) is 0 Å². The van der Waals surface area contributed by atoms with Gasteiger partial charge >= 0.3 is 0 Å². The molecule has 0 saturated heterocycles. The molecule has 5 rings (SSSR count). The molecule has 2 aromatic carbocycles. The molecule has 0 spiro atoms. The van der Waals surface area contributed by atoms with Crippen LogP contribution in [-0.2, 0) is 26.0 Å². The van der Waals surface area contributed by atoms with Crippen molar-refractivity contribution in [1.82, 2.24) is 9.78 Å². The number of aromatic nitrogens is 2. The number of rotatable bonds is 7. The largest absolute Gasteiger partial charge is 0.486 e. The van der Waals surface area contributed by atoms with Crippen molar-refractivity contribution in [2.45, 2.75) is 32.4 Å². The second kappa shape index (κ2) is 9.74. The van der Waals surface area contributed by atoms with Gasteiger partial charge in [0.05, 0.1) is 16.6 Å². The minimum Gasteiger partial charge on any atom is -0.486 e. The number of amides is 1. The van der Waals surface area contributed by atoms with Crippen molar-refractivity contribution in [3.8, 4) is 5.75 Å². The van der Waals surface area contributed by atoms with Crippen molar-refractivity contribution in [1.29, 1.82) is 0 Å². The fourth-order valence-corrected chi connectivity index (χ4v) is 4.45. The van der Waals surface area contributed by atoms with E-state index in [-0.39, 0.29) is 18.2 Å². The molecule has 0 bridgehead atoms. The number of hydrogen-bond acceptors (Lipinski definition) is 4. The van der Waals surface area contributed by atoms with Crippen molar-refractivity contribution in [3.63, 3.8) is 0 Å². The van der Waals surface area contributed by atoms with Gasteiger partial charge in [0, 0.05) is 6.20 Å². The topological polar surface area (TPSA) is 69.3 Å². The lowest BCUT2D eigenvalue weighted by Crippen LogP contribution is -2.12. The SMILES string of the molecule is O=C(Nc1nn(Cc2ccc(Cl)c(Cl)c2)cc1Cl)c1ccc(COc2ccc3c(c2)CCC3)o1. The van der Waals surface area contributed by atoms with Crippen LogP contribution in [-0.4, -0.2) is 15.7 Å². The Labute approximate surface area is 211 Å². The lowest BCUT2D eigenvalue weighted by Gasteiger charge is -2.06. The summed E-state index contributed by atoms with van der Waals surface area (Å²) < 4.78 is 13.1. The number of ether oxygens (including phenoxy) is 1. The molecule has 0 unspecified atom stereocenters. The third kappa shape index (κ3) is 5.09. The summed E-state index contributed by atoms with van der Waals surface area (Å²) in [6.07, 6.45) is 5.03. The summed E-state index contributed by atoms with van der Waals surface area (Å²) >= 11 is 18.3. The number of fused-ring (bicyclic) bond motifs is 1. The first kappa shape index (κ1) is 22.8. The highest BCUT2D eigenvalue weighted by Gasteiger charge is 2.17. The number of carbonyl (C=O) groups is 1. The maximum Gasteiger partial charge on any atom is 0.292 e. The number of nitrogens with zero attached hydrogens (tertiary/aromatic N) is 2. The summed E-state index contributed by atoms with van der Waals surface area (Å²) in [6, 6.07) is 14.8. The lowest BCUT2D eigenvalue weighted by molar-refractivity contribution is 0.0992. The fourth-order valence-electron chi connectivity index (χ4n) is 3.93. The summed E-state index contributed by atoms with van der Waals surface area (Å²) in [5.41, 5.74) is 3.63. The normalized spacial score (nSPS) is 12.6. The van der Waals surface area contributed by atoms with E-state index in [0.717, 1.165) is 24.2 Å². The van der Waals surface area contributed by atoms with Crippen LogP contribution in [0.3, 0.4) is 0 Å². The van der Waals surface area contributed by atoms with Gasteiger partial charge in [-0.1, -0.05) is 46.9 Å². The van der Waals surface area contributed by atoms with Crippen LogP contribution in [0, 0.1) is 0 Å². The third-order valence-electron chi connectivity index (χ3n) is 5.61. The number of anilines is 1. The highest BCUT2D eigenvalue weighted by molar-refractivity contribution is 6.42. The lowest BCUT2D eigenvalue weighted by atomic mass is 10.1. The Hall–Kier alpha value is -2.93. The molecule has 2 aromatic heterocycles. The molecular weight excluding hydrogens is 497 g/mol. The van der Waals surface area contributed by atoms with E-state index in [2.05, 4.69) is 22.5 Å². The van der Waals surface area contributed by atoms with E-state index in [1.807, 2.05) is 12.1 Å². The molecule has 6 nitrogen and oxygen atoms in total. The molecule has 1 aliphatic rings. The quantitative estimate of drug-likeness (QED) is 0.293. The molecule has 1 N–H and O–H groups in total. The smallest absolute Gasteiger partial charge is 0.292 e. The molecule has 1 amide bonds. The van der Waals surface area contributed by atoms with Gasteiger partial charge in [0.25, 0.3) is 5.91 Å². The summed E-state index contributed by atoms with van der Waals surface area (Å²) in [7, 11) is 0. The zero-order valence-electron chi connectivity index (χ0n) is 18.0. The van der Waals surface area contributed by atoms with Crippen LogP contribution in [0.4, 0.5) is 5.82 Å². The Balaban J connectivity index is 1.20. The van der Waals surface area contributed by atoms with E-state index < -0.39 is 5.91 Å². The predicted molar refractivity (Wildman–Crippen MR) is 132 cm³/mol. The monoisotopic (exact) mass is 515 g/mol. The number of aryl methyl sites for hydroxylation is 2. The minimum atomic E-state index is -0.453. The van der Waals surface area contributed by atoms with E-state index in [9.17, 15) is 4.79 Å². The number of hydrogen-bond donors (Lipinski definition) is 1. The Morgan fingerprint density at radius 3 is 2.71 bits per heavy atom. The molecule has 34 heavy (non-hydrogen) atoms. The van der Waals surface area contributed by atoms with Crippen molar-refractivity contribution in [3.05, 3.63) is 98.0 Å². The first-order valence-corrected chi connectivity index (χ1v) is 11.9. The highest BCUT2D eigenvalue weighted by Crippen LogP contribution is 2.27. The molecule has 0 atom stereocenters. The number of furan rings is 1. The van der Waals surface area contributed by atoms with Crippen LogP contribution < -0.4 is 10.1 Å². The standard InChI is InChI=1S/C25H20Cl3N3O3/c26-20-8-4-15(10-21(20)27)12-31-13-22(28)24(30-31)29-25(32)23-9-7-19(34-23)14-33-18-6-5-16-2-1-3-17(16)11-18/h4-11,13H,1-3,12,14H2,(H,29,30,32). The van der Waals surface area contributed by atoms with E-state index in [4.69, 9.17) is 44.0 Å². The Morgan fingerprint density at radius 2 is 1.85 bits per heavy atom. The minimum absolute atomic E-state index is 0.141. The second-order valence-corrected chi connectivity index (χ2v) is 9.29. The number of carbonyl (C=O) groups excluding carboxylic acids is 1. The van der Waals surface area contributed by atoms with Gasteiger partial charge in [0.2, 0.25) is 0 Å². The Bertz CT molecular complexity index is 1360. The molecule has 0 aliphatic heterocycles. The van der Waals surface area contributed by atoms with Gasteiger partial charge in [-0.2, -0.15) is 5.10 Å². The van der Waals surface area contributed by atoms with E-state index in [0.29, 0.717) is 27.4 Å². The van der Waals surface area contributed by atoms with Crippen LogP contribution in [0.5, 0.6) is 5.75 Å². The van der Waals surface area contributed by atoms with E-state index >= 15 is 0 Å². The molecule has 4 aromatic rings. The predicted octanol–water partition coefficient (Wildman–Crippen LogP) is 6.80. The fraction of sp³-hybridized carbons (Fsp3) is 0.200. The van der Waals surface area contributed by atoms with Crippen molar-refractivity contribution in [2.24, 2.45) is 0 Å². The maximum absolute atomic E-state index is 12.6. The van der Waals surface area contributed by atoms with Gasteiger partial charge in [-0.05, 0) is 72.4 Å². The average molecular weight is 517 g/mol. The second-order valence-electron chi connectivity index (χ2n) is 8.06. The van der Waals surface area contributed by atoms with Gasteiger partial charge in [0.1, 0.15) is 23.1 Å². The molecule has 0 radical (unpaired) electrons. The zero-order valence-corrected chi connectivity index (χ0v) is 20.3. The van der Waals surface area contributed by atoms with Gasteiger partial charge in [-0.3, -0.25) is 9.48 Å². The van der Waals surface area contributed by atoms with Gasteiger partial charge in [0.15, 0.2) is 11.6 Å². The van der Waals surface area contributed by atoms with Crippen LogP contribution in [0.1, 0.15) is 39.4 Å². The molecule has 2 heterocycles. The summed E-state index contributed by atoms with van der Waals surface area (Å²) in [4.78, 5) is 12.6. The highest BCUT2D eigenvalue weighted by atomic mass is 35.5. The van der Waals surface area contributed by atoms with Crippen LogP contribution in [0.15, 0.2) is 59.1 Å². The maximum atomic E-state index is 12.6. The first-order chi connectivity index (χ1) is 16.4. The van der Waals surface area contributed by atoms with Crippen molar-refractivity contribution >= 4 is 46.5 Å². The van der Waals surface area contributed by atoms with Gasteiger partial charge in [-0.25, -0.2) is 0 Å². The zero-order chi connectivity index (χ0) is 23.7. The van der Waals surface area contributed by atoms with Crippen LogP contribution >= 0.6 is 34.8 Å². The van der Waals surface area contributed by atoms with Crippen LogP contribution in [0.25, 0.3) is 0 Å². The number of nitrogens with one attached hydrogen (secondary N) is 1. The molecule has 1 aliphatic carbocycles. The molecule has 9 heteroatoms. The van der Waals surface area contributed by atoms with Gasteiger partial charge < -0.3 is 14.5 Å². The molecule has 0 fully saturated rings. The Kier molecular flexibility index (Phi) is 6.55. The summed E-state index contributed by atoms with van der Waals surface area (Å²) in [5, 5.41) is 8.27. The Morgan fingerprint density at radius 1 is 1.00 bits per heavy atom. The molecular formula is C25H20Cl3N3O3. The summed E-state index contributed by atoms with van der Waals surface area (Å²) in [5.74, 6) is 1.26. The number of benzene rings is 2. The number of halogens is 3. The van der Waals surface area contributed by atoms with Crippen LogP contribution in [0.2, 0.25) is 15.1 Å². The van der Waals surface area contributed by atoms with Crippen molar-refractivity contribution in [2.75, 3.05) is 5.32 Å². The molecule has 0 saturated carbocycles. The third-order valence-corrected chi connectivity index (χ3v) is 6.63. The van der Waals surface area contributed by atoms with Crippen molar-refractivity contribution < 1.29 is 13.9 Å². The van der Waals surface area contributed by atoms with E-state index in [1.54, 1.807) is 35.1 Å². The molecule has 174 valence electrons.